The summed E-state index contributed by atoms with van der Waals surface area (Å²) in [6.45, 7) is 4.30. The molecular weight excluding hydrogens is 424 g/mol. The number of piperazine rings is 1. The summed E-state index contributed by atoms with van der Waals surface area (Å²) in [4.78, 5) is 55.2. The van der Waals surface area contributed by atoms with Crippen molar-refractivity contribution in [2.75, 3.05) is 25.4 Å². The zero-order chi connectivity index (χ0) is 22.7. The molecule has 2 aromatic rings. The molecule has 0 unspecified atom stereocenters. The molecule has 1 amide bonds. The number of pyridine rings is 1. The third kappa shape index (κ3) is 4.89. The van der Waals surface area contributed by atoms with Crippen LogP contribution in [0.1, 0.15) is 33.5 Å². The fourth-order valence-corrected chi connectivity index (χ4v) is 3.74. The Balaban J connectivity index is 1.78. The monoisotopic (exact) mass is 444 g/mol. The lowest BCUT2D eigenvalue weighted by Crippen LogP contribution is -2.53. The standard InChI is InChI=1S/C21H21ClN4O5/c1-12-10-25(11-13-5-3-2-4-6-13)7-8-26(12)20(29)16-14(22)9-15(23)17(24-16)18(27)19(28)21(30)31/h2-6,9,12H,7-8,10-11,23H2,1H3,(H,30,31)/t12-/m1/s1. The lowest BCUT2D eigenvalue weighted by Gasteiger charge is -2.39. The van der Waals surface area contributed by atoms with E-state index in [1.165, 1.54) is 5.56 Å². The molecule has 2 heterocycles. The summed E-state index contributed by atoms with van der Waals surface area (Å²) in [6, 6.07) is 10.9. The van der Waals surface area contributed by atoms with Crippen LogP contribution in [-0.4, -0.2) is 69.0 Å². The van der Waals surface area contributed by atoms with Gasteiger partial charge in [-0.05, 0) is 18.6 Å². The molecule has 31 heavy (non-hydrogen) atoms. The van der Waals surface area contributed by atoms with Crippen molar-refractivity contribution in [1.82, 2.24) is 14.8 Å². The second-order valence-electron chi connectivity index (χ2n) is 7.29. The molecule has 1 fully saturated rings. The zero-order valence-corrected chi connectivity index (χ0v) is 17.5. The van der Waals surface area contributed by atoms with Crippen LogP contribution < -0.4 is 5.73 Å². The van der Waals surface area contributed by atoms with Crippen molar-refractivity contribution in [2.45, 2.75) is 19.5 Å². The fourth-order valence-electron chi connectivity index (χ4n) is 3.50. The van der Waals surface area contributed by atoms with Gasteiger partial charge in [-0.3, -0.25) is 19.3 Å². The van der Waals surface area contributed by atoms with E-state index in [9.17, 15) is 19.2 Å². The SMILES string of the molecule is C[C@@H]1CN(Cc2ccccc2)CCN1C(=O)c1nc(C(=O)C(=O)C(=O)O)c(N)cc1Cl. The number of nitrogens with zero attached hydrogens (tertiary/aromatic N) is 3. The van der Waals surface area contributed by atoms with Gasteiger partial charge >= 0.3 is 11.8 Å². The van der Waals surface area contributed by atoms with Crippen LogP contribution in [-0.2, 0) is 16.1 Å². The molecule has 162 valence electrons. The number of carbonyl (C=O) groups excluding carboxylic acids is 3. The number of hydrogen-bond donors (Lipinski definition) is 2. The predicted octanol–water partition coefficient (Wildman–Crippen LogP) is 1.50. The Morgan fingerprint density at radius 1 is 1.16 bits per heavy atom. The summed E-state index contributed by atoms with van der Waals surface area (Å²) in [7, 11) is 0. The number of carbonyl (C=O) groups is 4. The summed E-state index contributed by atoms with van der Waals surface area (Å²) < 4.78 is 0. The van der Waals surface area contributed by atoms with Crippen molar-refractivity contribution in [2.24, 2.45) is 0 Å². The largest absolute Gasteiger partial charge is 0.475 e. The number of halogens is 1. The van der Waals surface area contributed by atoms with Crippen LogP contribution in [0.5, 0.6) is 0 Å². The number of aromatic nitrogens is 1. The van der Waals surface area contributed by atoms with Crippen LogP contribution >= 0.6 is 11.6 Å². The normalized spacial score (nSPS) is 16.7. The highest BCUT2D eigenvalue weighted by atomic mass is 35.5. The maximum absolute atomic E-state index is 13.1. The van der Waals surface area contributed by atoms with E-state index in [-0.39, 0.29) is 22.4 Å². The first-order valence-electron chi connectivity index (χ1n) is 9.54. The molecule has 1 aromatic carbocycles. The van der Waals surface area contributed by atoms with Crippen LogP contribution in [0, 0.1) is 0 Å². The number of aliphatic carboxylic acids is 1. The van der Waals surface area contributed by atoms with Gasteiger partial charge in [0.05, 0.1) is 10.7 Å². The van der Waals surface area contributed by atoms with Gasteiger partial charge in [0, 0.05) is 32.2 Å². The van der Waals surface area contributed by atoms with Crippen LogP contribution in [0.15, 0.2) is 36.4 Å². The van der Waals surface area contributed by atoms with Gasteiger partial charge in [0.15, 0.2) is 0 Å². The molecule has 0 aliphatic carbocycles. The average molecular weight is 445 g/mol. The number of amides is 1. The molecule has 0 radical (unpaired) electrons. The molecule has 0 saturated carbocycles. The summed E-state index contributed by atoms with van der Waals surface area (Å²) >= 11 is 6.13. The second-order valence-corrected chi connectivity index (χ2v) is 7.70. The van der Waals surface area contributed by atoms with Crippen molar-refractivity contribution >= 4 is 40.7 Å². The van der Waals surface area contributed by atoms with Crippen molar-refractivity contribution in [3.05, 3.63) is 58.4 Å². The highest BCUT2D eigenvalue weighted by Gasteiger charge is 2.33. The minimum Gasteiger partial charge on any atom is -0.475 e. The number of ketones is 2. The Kier molecular flexibility index (Phi) is 6.67. The first kappa shape index (κ1) is 22.4. The quantitative estimate of drug-likeness (QED) is 0.389. The Bertz CT molecular complexity index is 1040. The number of nitrogen functional groups attached to an aromatic ring is 1. The molecule has 0 spiro atoms. The zero-order valence-electron chi connectivity index (χ0n) is 16.7. The van der Waals surface area contributed by atoms with Gasteiger partial charge in [-0.2, -0.15) is 0 Å². The molecule has 3 N–H and O–H groups in total. The predicted molar refractivity (Wildman–Crippen MR) is 113 cm³/mol. The maximum Gasteiger partial charge on any atom is 0.380 e. The number of hydrogen-bond acceptors (Lipinski definition) is 7. The van der Waals surface area contributed by atoms with Crippen molar-refractivity contribution < 1.29 is 24.3 Å². The minimum atomic E-state index is -1.93. The molecule has 0 bridgehead atoms. The van der Waals surface area contributed by atoms with Gasteiger partial charge in [0.2, 0.25) is 0 Å². The van der Waals surface area contributed by atoms with E-state index in [1.807, 2.05) is 37.3 Å². The summed E-state index contributed by atoms with van der Waals surface area (Å²) in [5.41, 5.74) is 5.73. The molecule has 3 rings (SSSR count). The topological polar surface area (TPSA) is 134 Å². The highest BCUT2D eigenvalue weighted by molar-refractivity contribution is 6.65. The van der Waals surface area contributed by atoms with Gasteiger partial charge in [-0.15, -0.1) is 0 Å². The van der Waals surface area contributed by atoms with Gasteiger partial charge in [-0.1, -0.05) is 41.9 Å². The number of Topliss-reactive ketones (excluding diaryl/α,β-unsaturated/α-hetero) is 2. The lowest BCUT2D eigenvalue weighted by atomic mass is 10.1. The molecule has 1 aliphatic rings. The first-order valence-corrected chi connectivity index (χ1v) is 9.92. The molecule has 10 heteroatoms. The number of anilines is 1. The number of benzene rings is 1. The van der Waals surface area contributed by atoms with Gasteiger partial charge in [-0.25, -0.2) is 9.78 Å². The Hall–Kier alpha value is -3.30. The lowest BCUT2D eigenvalue weighted by molar-refractivity contribution is -0.146. The molecule has 1 aromatic heterocycles. The van der Waals surface area contributed by atoms with Crippen LogP contribution in [0.2, 0.25) is 5.02 Å². The molecule has 1 atom stereocenters. The maximum atomic E-state index is 13.1. The van der Waals surface area contributed by atoms with Crippen LogP contribution in [0.25, 0.3) is 0 Å². The van der Waals surface area contributed by atoms with Crippen molar-refractivity contribution in [1.29, 1.82) is 0 Å². The molecule has 9 nitrogen and oxygen atoms in total. The number of carboxylic acid groups (broad SMARTS) is 1. The number of nitrogens with two attached hydrogens (primary N) is 1. The van der Waals surface area contributed by atoms with Gasteiger partial charge in [0.1, 0.15) is 11.4 Å². The van der Waals surface area contributed by atoms with Gasteiger partial charge < -0.3 is 15.7 Å². The molecule has 1 aliphatic heterocycles. The molecule has 1 saturated heterocycles. The van der Waals surface area contributed by atoms with Crippen molar-refractivity contribution in [3.63, 3.8) is 0 Å². The smallest absolute Gasteiger partial charge is 0.380 e. The number of rotatable bonds is 6. The third-order valence-electron chi connectivity index (χ3n) is 5.05. The Labute approximate surface area is 183 Å². The van der Waals surface area contributed by atoms with E-state index in [4.69, 9.17) is 22.4 Å². The van der Waals surface area contributed by atoms with E-state index in [2.05, 4.69) is 9.88 Å². The van der Waals surface area contributed by atoms with E-state index in [1.54, 1.807) is 4.90 Å². The third-order valence-corrected chi connectivity index (χ3v) is 5.33. The summed E-state index contributed by atoms with van der Waals surface area (Å²) in [6.07, 6.45) is 0. The fraction of sp³-hybridized carbons (Fsp3) is 0.286. The first-order chi connectivity index (χ1) is 14.7. The number of carboxylic acids is 1. The molecular formula is C21H21ClN4O5. The average Bonchev–Trinajstić information content (AvgIpc) is 2.73. The van der Waals surface area contributed by atoms with E-state index >= 15 is 0 Å². The second kappa shape index (κ2) is 9.23. The van der Waals surface area contributed by atoms with E-state index in [0.29, 0.717) is 19.6 Å². The Morgan fingerprint density at radius 3 is 2.45 bits per heavy atom. The van der Waals surface area contributed by atoms with Crippen molar-refractivity contribution in [3.8, 4) is 0 Å². The summed E-state index contributed by atoms with van der Waals surface area (Å²) in [5, 5.41) is 8.68. The summed E-state index contributed by atoms with van der Waals surface area (Å²) in [5.74, 6) is -5.55. The van der Waals surface area contributed by atoms with E-state index in [0.717, 1.165) is 12.6 Å². The van der Waals surface area contributed by atoms with E-state index < -0.39 is 29.1 Å². The highest BCUT2D eigenvalue weighted by Crippen LogP contribution is 2.24. The Morgan fingerprint density at radius 2 is 1.84 bits per heavy atom. The van der Waals surface area contributed by atoms with Crippen LogP contribution in [0.3, 0.4) is 0 Å². The van der Waals surface area contributed by atoms with Gasteiger partial charge in [0.25, 0.3) is 11.7 Å². The minimum absolute atomic E-state index is 0.0826. The van der Waals surface area contributed by atoms with Crippen LogP contribution in [0.4, 0.5) is 5.69 Å².